The number of carbonyl (C=O) groups excluding carboxylic acids is 1. The third-order valence-corrected chi connectivity index (χ3v) is 4.91. The maximum atomic E-state index is 12.2. The van der Waals surface area contributed by atoms with Gasteiger partial charge in [-0.05, 0) is 36.2 Å². The molecule has 0 bridgehead atoms. The van der Waals surface area contributed by atoms with E-state index >= 15 is 0 Å². The van der Waals surface area contributed by atoms with Crippen molar-refractivity contribution in [1.82, 2.24) is 0 Å². The van der Waals surface area contributed by atoms with Crippen molar-refractivity contribution >= 4 is 39.3 Å². The fraction of sp³-hybridized carbons (Fsp3) is 0.312. The Kier molecular flexibility index (Phi) is 4.45. The first-order valence-corrected chi connectivity index (χ1v) is 7.87. The van der Waals surface area contributed by atoms with E-state index in [1.54, 1.807) is 0 Å². The van der Waals surface area contributed by atoms with Gasteiger partial charge in [-0.3, -0.25) is 4.79 Å². The van der Waals surface area contributed by atoms with Crippen LogP contribution in [0.3, 0.4) is 0 Å². The molecule has 0 fully saturated rings. The van der Waals surface area contributed by atoms with Crippen molar-refractivity contribution in [3.63, 3.8) is 0 Å². The summed E-state index contributed by atoms with van der Waals surface area (Å²) >= 11 is 2.25. The molecule has 0 aromatic heterocycles. The number of ether oxygens (including phenoxy) is 1. The van der Waals surface area contributed by atoms with Gasteiger partial charge in [-0.25, -0.2) is 0 Å². The highest BCUT2D eigenvalue weighted by molar-refractivity contribution is 14.1. The van der Waals surface area contributed by atoms with Gasteiger partial charge >= 0.3 is 5.97 Å². The highest BCUT2D eigenvalue weighted by Crippen LogP contribution is 2.30. The van der Waals surface area contributed by atoms with Gasteiger partial charge in [-0.15, -0.1) is 0 Å². The zero-order chi connectivity index (χ0) is 13.9. The van der Waals surface area contributed by atoms with Crippen molar-refractivity contribution in [3.8, 4) is 0 Å². The van der Waals surface area contributed by atoms with Crippen molar-refractivity contribution in [1.29, 1.82) is 0 Å². The lowest BCUT2D eigenvalue weighted by Gasteiger charge is -2.25. The number of benzene rings is 2. The van der Waals surface area contributed by atoms with E-state index in [4.69, 9.17) is 4.74 Å². The Bertz CT molecular complexity index is 594. The zero-order valence-electron chi connectivity index (χ0n) is 11.2. The van der Waals surface area contributed by atoms with Crippen LogP contribution in [0.2, 0.25) is 0 Å². The maximum absolute atomic E-state index is 12.2. The summed E-state index contributed by atoms with van der Waals surface area (Å²) in [6.07, 6.45) is 0. The summed E-state index contributed by atoms with van der Waals surface area (Å²) in [6.45, 7) is 4.20. The van der Waals surface area contributed by atoms with Crippen molar-refractivity contribution in [2.45, 2.75) is 19.3 Å². The Morgan fingerprint density at radius 2 is 1.89 bits per heavy atom. The molecule has 0 aliphatic heterocycles. The summed E-state index contributed by atoms with van der Waals surface area (Å²) in [7, 11) is 0. The Labute approximate surface area is 127 Å². The number of rotatable bonds is 4. The number of carbonyl (C=O) groups is 1. The third-order valence-electron chi connectivity index (χ3n) is 3.38. The quantitative estimate of drug-likeness (QED) is 0.462. The lowest BCUT2D eigenvalue weighted by Crippen LogP contribution is -2.36. The number of halogens is 1. The minimum Gasteiger partial charge on any atom is -0.465 e. The van der Waals surface area contributed by atoms with Gasteiger partial charge in [-0.1, -0.05) is 59.0 Å². The lowest BCUT2D eigenvalue weighted by atomic mass is 9.83. The molecule has 2 nitrogen and oxygen atoms in total. The summed E-state index contributed by atoms with van der Waals surface area (Å²) in [4.78, 5) is 12.2. The van der Waals surface area contributed by atoms with Crippen LogP contribution in [-0.2, 0) is 14.9 Å². The first kappa shape index (κ1) is 14.3. The largest absolute Gasteiger partial charge is 0.465 e. The molecule has 100 valence electrons. The molecule has 0 spiro atoms. The first-order valence-electron chi connectivity index (χ1n) is 6.34. The fourth-order valence-electron chi connectivity index (χ4n) is 2.07. The molecular formula is C16H17IO2. The lowest BCUT2D eigenvalue weighted by molar-refractivity contribution is -0.148. The normalized spacial score (nSPS) is 14.1. The van der Waals surface area contributed by atoms with Gasteiger partial charge in [0.2, 0.25) is 0 Å². The molecule has 3 heteroatoms. The summed E-state index contributed by atoms with van der Waals surface area (Å²) in [5.74, 6) is -0.153. The topological polar surface area (TPSA) is 26.3 Å². The highest BCUT2D eigenvalue weighted by atomic mass is 127. The van der Waals surface area contributed by atoms with Crippen LogP contribution in [0.1, 0.15) is 19.4 Å². The van der Waals surface area contributed by atoms with Crippen LogP contribution in [0.5, 0.6) is 0 Å². The monoisotopic (exact) mass is 368 g/mol. The molecule has 0 amide bonds. The zero-order valence-corrected chi connectivity index (χ0v) is 13.3. The molecule has 0 aliphatic carbocycles. The van der Waals surface area contributed by atoms with Gasteiger partial charge in [0.25, 0.3) is 0 Å². The van der Waals surface area contributed by atoms with Gasteiger partial charge < -0.3 is 4.74 Å². The second kappa shape index (κ2) is 5.90. The second-order valence-corrected chi connectivity index (χ2v) is 5.51. The third kappa shape index (κ3) is 2.76. The van der Waals surface area contributed by atoms with E-state index in [9.17, 15) is 4.79 Å². The molecule has 0 saturated carbocycles. The van der Waals surface area contributed by atoms with Crippen LogP contribution in [0.25, 0.3) is 10.8 Å². The minimum atomic E-state index is -0.583. The van der Waals surface area contributed by atoms with Crippen LogP contribution in [-0.4, -0.2) is 17.0 Å². The number of alkyl halides is 1. The molecule has 2 rings (SSSR count). The van der Waals surface area contributed by atoms with Crippen molar-refractivity contribution < 1.29 is 9.53 Å². The van der Waals surface area contributed by atoms with E-state index in [2.05, 4.69) is 46.9 Å². The van der Waals surface area contributed by atoms with E-state index in [1.807, 2.05) is 32.0 Å². The van der Waals surface area contributed by atoms with Gasteiger partial charge in [0.15, 0.2) is 0 Å². The van der Waals surface area contributed by atoms with E-state index in [1.165, 1.54) is 5.39 Å². The van der Waals surface area contributed by atoms with Crippen LogP contribution < -0.4 is 0 Å². The van der Waals surface area contributed by atoms with Crippen LogP contribution in [0.15, 0.2) is 42.5 Å². The minimum absolute atomic E-state index is 0.153. The van der Waals surface area contributed by atoms with Crippen LogP contribution in [0.4, 0.5) is 0 Å². The standard InChI is InChI=1S/C16H17IO2/c1-3-19-15(18)16(2,11-17)14-9-8-12-6-4-5-7-13(12)10-14/h4-10H,3,11H2,1-2H3/t16-/m1/s1. The summed E-state index contributed by atoms with van der Waals surface area (Å²) < 4.78 is 5.92. The number of esters is 1. The fourth-order valence-corrected chi connectivity index (χ4v) is 2.82. The molecule has 0 radical (unpaired) electrons. The molecule has 0 heterocycles. The molecule has 0 aliphatic rings. The number of hydrogen-bond donors (Lipinski definition) is 0. The van der Waals surface area contributed by atoms with Gasteiger partial charge in [-0.2, -0.15) is 0 Å². The molecular weight excluding hydrogens is 351 g/mol. The molecule has 0 saturated heterocycles. The van der Waals surface area contributed by atoms with E-state index in [0.29, 0.717) is 11.0 Å². The van der Waals surface area contributed by atoms with E-state index < -0.39 is 5.41 Å². The Balaban J connectivity index is 2.48. The first-order chi connectivity index (χ1) is 9.11. The molecule has 0 unspecified atom stereocenters. The Morgan fingerprint density at radius 1 is 1.21 bits per heavy atom. The molecule has 19 heavy (non-hydrogen) atoms. The summed E-state index contributed by atoms with van der Waals surface area (Å²) in [6, 6.07) is 14.3. The van der Waals surface area contributed by atoms with Gasteiger partial charge in [0.1, 0.15) is 0 Å². The molecule has 2 aromatic rings. The predicted octanol–water partition coefficient (Wildman–Crippen LogP) is 4.10. The molecule has 0 N–H and O–H groups in total. The Morgan fingerprint density at radius 3 is 2.53 bits per heavy atom. The summed E-state index contributed by atoms with van der Waals surface area (Å²) in [5, 5.41) is 2.34. The Hall–Kier alpha value is -1.10. The number of fused-ring (bicyclic) bond motifs is 1. The maximum Gasteiger partial charge on any atom is 0.317 e. The van der Waals surface area contributed by atoms with Gasteiger partial charge in [0.05, 0.1) is 12.0 Å². The van der Waals surface area contributed by atoms with E-state index in [-0.39, 0.29) is 5.97 Å². The highest BCUT2D eigenvalue weighted by Gasteiger charge is 2.35. The molecule has 2 aromatic carbocycles. The van der Waals surface area contributed by atoms with Crippen LogP contribution >= 0.6 is 22.6 Å². The smallest absolute Gasteiger partial charge is 0.317 e. The SMILES string of the molecule is CCOC(=O)[C@](C)(CI)c1ccc2ccccc2c1. The van der Waals surface area contributed by atoms with E-state index in [0.717, 1.165) is 10.9 Å². The second-order valence-electron chi connectivity index (χ2n) is 4.75. The predicted molar refractivity (Wildman–Crippen MR) is 86.8 cm³/mol. The summed E-state index contributed by atoms with van der Waals surface area (Å²) in [5.41, 5.74) is 0.430. The van der Waals surface area contributed by atoms with Crippen LogP contribution in [0, 0.1) is 0 Å². The molecule has 1 atom stereocenters. The van der Waals surface area contributed by atoms with Crippen molar-refractivity contribution in [2.24, 2.45) is 0 Å². The van der Waals surface area contributed by atoms with Crippen molar-refractivity contribution in [3.05, 3.63) is 48.0 Å². The van der Waals surface area contributed by atoms with Crippen molar-refractivity contribution in [2.75, 3.05) is 11.0 Å². The number of hydrogen-bond acceptors (Lipinski definition) is 2. The van der Waals surface area contributed by atoms with Gasteiger partial charge in [0, 0.05) is 4.43 Å². The average Bonchev–Trinajstić information content (AvgIpc) is 2.46. The average molecular weight is 368 g/mol.